The predicted molar refractivity (Wildman–Crippen MR) is 93.3 cm³/mol. The smallest absolute Gasteiger partial charge is 0.317 e. The van der Waals surface area contributed by atoms with Crippen molar-refractivity contribution in [2.24, 2.45) is 0 Å². The van der Waals surface area contributed by atoms with E-state index in [1.54, 1.807) is 11.3 Å². The molecule has 1 saturated heterocycles. The van der Waals surface area contributed by atoms with Crippen LogP contribution < -0.4 is 5.32 Å². The Kier molecular flexibility index (Phi) is 4.89. The van der Waals surface area contributed by atoms with Crippen LogP contribution in [0.5, 0.6) is 0 Å². The second-order valence-corrected chi connectivity index (χ2v) is 7.97. The van der Waals surface area contributed by atoms with E-state index in [4.69, 9.17) is 4.52 Å². The molecule has 2 aromatic heterocycles. The number of piperidine rings is 1. The maximum Gasteiger partial charge on any atom is 0.317 e. The number of carbonyl (C=O) groups is 1. The van der Waals surface area contributed by atoms with Gasteiger partial charge in [-0.3, -0.25) is 0 Å². The van der Waals surface area contributed by atoms with Crippen molar-refractivity contribution in [1.29, 1.82) is 0 Å². The summed E-state index contributed by atoms with van der Waals surface area (Å²) in [5.41, 5.74) is 1.20. The molecular weight excluding hydrogens is 324 g/mol. The first-order valence-corrected chi connectivity index (χ1v) is 9.18. The average Bonchev–Trinajstić information content (AvgIpc) is 3.12. The van der Waals surface area contributed by atoms with E-state index >= 15 is 0 Å². The van der Waals surface area contributed by atoms with Gasteiger partial charge in [0.15, 0.2) is 5.82 Å². The zero-order valence-corrected chi connectivity index (χ0v) is 15.4. The van der Waals surface area contributed by atoms with Crippen LogP contribution in [0.2, 0.25) is 0 Å². The number of amides is 2. The van der Waals surface area contributed by atoms with Crippen molar-refractivity contribution in [3.05, 3.63) is 33.1 Å². The van der Waals surface area contributed by atoms with E-state index in [0.29, 0.717) is 18.3 Å². The topological polar surface area (TPSA) is 71.3 Å². The Morgan fingerprint density at radius 2 is 2.25 bits per heavy atom. The number of nitrogens with one attached hydrogen (secondary N) is 1. The summed E-state index contributed by atoms with van der Waals surface area (Å²) in [7, 11) is 0. The molecule has 0 spiro atoms. The lowest BCUT2D eigenvalue weighted by Crippen LogP contribution is -2.45. The van der Waals surface area contributed by atoms with Crippen molar-refractivity contribution >= 4 is 17.4 Å². The van der Waals surface area contributed by atoms with E-state index in [1.807, 2.05) is 18.7 Å². The van der Waals surface area contributed by atoms with Crippen LogP contribution in [0.4, 0.5) is 4.79 Å². The molecule has 1 fully saturated rings. The summed E-state index contributed by atoms with van der Waals surface area (Å²) in [6, 6.07) is 2.14. The highest BCUT2D eigenvalue weighted by atomic mass is 32.1. The minimum Gasteiger partial charge on any atom is -0.339 e. The standard InChI is InChI=1S/C17H24N4O2S/c1-10-8-15(12(3)24-10)11(2)18-17(22)21-7-5-6-14(9-21)16-19-13(4)20-23-16/h8,11,14H,5-7,9H2,1-4H3,(H,18,22)/t11-,14-/m1/s1. The van der Waals surface area contributed by atoms with Crippen molar-refractivity contribution in [2.75, 3.05) is 13.1 Å². The fraction of sp³-hybridized carbons (Fsp3) is 0.588. The Labute approximate surface area is 146 Å². The maximum absolute atomic E-state index is 12.6. The zero-order chi connectivity index (χ0) is 17.3. The lowest BCUT2D eigenvalue weighted by atomic mass is 9.98. The second-order valence-electron chi connectivity index (χ2n) is 6.50. The number of aromatic nitrogens is 2. The summed E-state index contributed by atoms with van der Waals surface area (Å²) >= 11 is 1.77. The first-order valence-electron chi connectivity index (χ1n) is 8.36. The zero-order valence-electron chi connectivity index (χ0n) is 14.6. The highest BCUT2D eigenvalue weighted by Crippen LogP contribution is 2.28. The van der Waals surface area contributed by atoms with Crippen molar-refractivity contribution in [3.63, 3.8) is 0 Å². The highest BCUT2D eigenvalue weighted by molar-refractivity contribution is 7.12. The van der Waals surface area contributed by atoms with Gasteiger partial charge in [0.05, 0.1) is 12.0 Å². The number of thiophene rings is 1. The summed E-state index contributed by atoms with van der Waals surface area (Å²) in [6.45, 7) is 9.44. The largest absolute Gasteiger partial charge is 0.339 e. The average molecular weight is 348 g/mol. The third-order valence-corrected chi connectivity index (χ3v) is 5.47. The molecule has 2 amide bonds. The number of likely N-dealkylation sites (tertiary alicyclic amines) is 1. The molecule has 0 unspecified atom stereocenters. The monoisotopic (exact) mass is 348 g/mol. The normalized spacial score (nSPS) is 19.3. The molecule has 7 heteroatoms. The van der Waals surface area contributed by atoms with Crippen LogP contribution in [0.1, 0.15) is 58.8 Å². The van der Waals surface area contributed by atoms with Gasteiger partial charge in [-0.25, -0.2) is 4.79 Å². The number of rotatable bonds is 3. The molecule has 0 saturated carbocycles. The Hall–Kier alpha value is -1.89. The van der Waals surface area contributed by atoms with Gasteiger partial charge in [-0.15, -0.1) is 11.3 Å². The van der Waals surface area contributed by atoms with E-state index in [1.165, 1.54) is 15.3 Å². The molecule has 3 heterocycles. The summed E-state index contributed by atoms with van der Waals surface area (Å²) in [6.07, 6.45) is 1.92. The third kappa shape index (κ3) is 3.61. The number of nitrogens with zero attached hydrogens (tertiary/aromatic N) is 3. The van der Waals surface area contributed by atoms with Crippen LogP contribution in [-0.2, 0) is 0 Å². The van der Waals surface area contributed by atoms with E-state index < -0.39 is 0 Å². The fourth-order valence-electron chi connectivity index (χ4n) is 3.28. The molecule has 2 aromatic rings. The van der Waals surface area contributed by atoms with Crippen LogP contribution in [0.3, 0.4) is 0 Å². The predicted octanol–water partition coefficient (Wildman–Crippen LogP) is 3.71. The Morgan fingerprint density at radius 1 is 1.46 bits per heavy atom. The van der Waals surface area contributed by atoms with Gasteiger partial charge in [0, 0.05) is 22.8 Å². The molecule has 1 N–H and O–H groups in total. The molecule has 3 rings (SSSR count). The molecule has 0 bridgehead atoms. The van der Waals surface area contributed by atoms with E-state index in [-0.39, 0.29) is 18.0 Å². The van der Waals surface area contributed by atoms with E-state index in [2.05, 4.69) is 35.4 Å². The number of hydrogen-bond donors (Lipinski definition) is 1. The molecule has 6 nitrogen and oxygen atoms in total. The number of aryl methyl sites for hydroxylation is 3. The van der Waals surface area contributed by atoms with Gasteiger partial charge in [-0.05, 0) is 52.2 Å². The Balaban J connectivity index is 1.63. The molecule has 0 radical (unpaired) electrons. The minimum atomic E-state index is -0.0216. The van der Waals surface area contributed by atoms with Gasteiger partial charge in [-0.1, -0.05) is 5.16 Å². The molecule has 0 aliphatic carbocycles. The third-order valence-electron chi connectivity index (χ3n) is 4.49. The van der Waals surface area contributed by atoms with Crippen LogP contribution in [0.25, 0.3) is 0 Å². The Bertz CT molecular complexity index is 724. The van der Waals surface area contributed by atoms with Crippen molar-refractivity contribution < 1.29 is 9.32 Å². The first-order chi connectivity index (χ1) is 11.4. The molecular formula is C17H24N4O2S. The van der Waals surface area contributed by atoms with Gasteiger partial charge in [0.1, 0.15) is 0 Å². The van der Waals surface area contributed by atoms with Crippen molar-refractivity contribution in [1.82, 2.24) is 20.4 Å². The number of carbonyl (C=O) groups excluding carboxylic acids is 1. The van der Waals surface area contributed by atoms with Crippen LogP contribution >= 0.6 is 11.3 Å². The lowest BCUT2D eigenvalue weighted by Gasteiger charge is -2.32. The molecule has 2 atom stereocenters. The van der Waals surface area contributed by atoms with Crippen molar-refractivity contribution in [3.8, 4) is 0 Å². The second kappa shape index (κ2) is 6.93. The SMILES string of the molecule is Cc1noc([C@@H]2CCCN(C(=O)N[C@H](C)c3cc(C)sc3C)C2)n1. The van der Waals surface area contributed by atoms with Gasteiger partial charge in [0.25, 0.3) is 0 Å². The van der Waals surface area contributed by atoms with Gasteiger partial charge < -0.3 is 14.7 Å². The van der Waals surface area contributed by atoms with Gasteiger partial charge in [0.2, 0.25) is 5.89 Å². The first kappa shape index (κ1) is 17.0. The molecule has 130 valence electrons. The van der Waals surface area contributed by atoms with Crippen LogP contribution in [-0.4, -0.2) is 34.2 Å². The molecule has 1 aliphatic rings. The van der Waals surface area contributed by atoms with Crippen LogP contribution in [0.15, 0.2) is 10.6 Å². The van der Waals surface area contributed by atoms with Gasteiger partial charge in [-0.2, -0.15) is 4.98 Å². The summed E-state index contributed by atoms with van der Waals surface area (Å²) in [5.74, 6) is 1.41. The highest BCUT2D eigenvalue weighted by Gasteiger charge is 2.29. The molecule has 24 heavy (non-hydrogen) atoms. The fourth-order valence-corrected chi connectivity index (χ4v) is 4.30. The van der Waals surface area contributed by atoms with E-state index in [0.717, 1.165) is 19.4 Å². The van der Waals surface area contributed by atoms with Gasteiger partial charge >= 0.3 is 6.03 Å². The minimum absolute atomic E-state index is 0.00785. The Morgan fingerprint density at radius 3 is 2.88 bits per heavy atom. The van der Waals surface area contributed by atoms with Crippen LogP contribution in [0, 0.1) is 20.8 Å². The quantitative estimate of drug-likeness (QED) is 0.918. The summed E-state index contributed by atoms with van der Waals surface area (Å²) in [5, 5.41) is 6.98. The molecule has 1 aliphatic heterocycles. The summed E-state index contributed by atoms with van der Waals surface area (Å²) in [4.78, 5) is 21.3. The number of urea groups is 1. The van der Waals surface area contributed by atoms with E-state index in [9.17, 15) is 4.79 Å². The number of hydrogen-bond acceptors (Lipinski definition) is 5. The maximum atomic E-state index is 12.6. The van der Waals surface area contributed by atoms with Crippen molar-refractivity contribution in [2.45, 2.75) is 52.5 Å². The molecule has 0 aromatic carbocycles. The lowest BCUT2D eigenvalue weighted by molar-refractivity contribution is 0.169. The summed E-state index contributed by atoms with van der Waals surface area (Å²) < 4.78 is 5.28.